The van der Waals surface area contributed by atoms with E-state index in [0.29, 0.717) is 24.5 Å². The highest BCUT2D eigenvalue weighted by Crippen LogP contribution is 2.37. The lowest BCUT2D eigenvalue weighted by Crippen LogP contribution is -2.60. The minimum atomic E-state index is -0.247. The third-order valence-electron chi connectivity index (χ3n) is 4.60. The van der Waals surface area contributed by atoms with Crippen molar-refractivity contribution in [3.05, 3.63) is 35.9 Å². The number of hydrogen-bond donors (Lipinski definition) is 2. The van der Waals surface area contributed by atoms with Crippen molar-refractivity contribution in [2.24, 2.45) is 11.8 Å². The molecule has 2 N–H and O–H groups in total. The first kappa shape index (κ1) is 13.1. The van der Waals surface area contributed by atoms with E-state index < -0.39 is 0 Å². The molecule has 3 fully saturated rings. The molecule has 3 nitrogen and oxygen atoms in total. The van der Waals surface area contributed by atoms with Gasteiger partial charge in [0, 0.05) is 12.0 Å². The van der Waals surface area contributed by atoms with Crippen molar-refractivity contribution in [1.82, 2.24) is 5.32 Å². The summed E-state index contributed by atoms with van der Waals surface area (Å²) >= 11 is 0. The molecule has 1 unspecified atom stereocenters. The number of rotatable bonds is 4. The normalized spacial score (nSPS) is 35.3. The molecule has 2 aliphatic heterocycles. The van der Waals surface area contributed by atoms with Crippen molar-refractivity contribution in [3.8, 4) is 0 Å². The molecule has 19 heavy (non-hydrogen) atoms. The van der Waals surface area contributed by atoms with Crippen molar-refractivity contribution in [1.29, 1.82) is 0 Å². The summed E-state index contributed by atoms with van der Waals surface area (Å²) in [6, 6.07) is 10.6. The zero-order valence-electron chi connectivity index (χ0n) is 11.5. The number of nitrogens with one attached hydrogen (secondary N) is 1. The molecule has 0 spiro atoms. The summed E-state index contributed by atoms with van der Waals surface area (Å²) in [7, 11) is 0. The van der Waals surface area contributed by atoms with E-state index >= 15 is 0 Å². The summed E-state index contributed by atoms with van der Waals surface area (Å²) in [6.07, 6.45) is 2.27. The van der Waals surface area contributed by atoms with Crippen LogP contribution in [0.25, 0.3) is 0 Å². The fourth-order valence-electron chi connectivity index (χ4n) is 3.58. The average Bonchev–Trinajstić information content (AvgIpc) is 2.46. The maximum atomic E-state index is 9.91. The van der Waals surface area contributed by atoms with Gasteiger partial charge in [-0.1, -0.05) is 30.3 Å². The van der Waals surface area contributed by atoms with Gasteiger partial charge in [-0.05, 0) is 37.8 Å². The molecule has 5 atom stereocenters. The van der Waals surface area contributed by atoms with Crippen LogP contribution in [0.5, 0.6) is 0 Å². The van der Waals surface area contributed by atoms with Gasteiger partial charge >= 0.3 is 0 Å². The summed E-state index contributed by atoms with van der Waals surface area (Å²) in [4.78, 5) is 0. The molecule has 0 aromatic heterocycles. The SMILES string of the molecule is C[C@@H](O)[C@H]1CC2CN[C@@H]1[C@@H](OCc1ccccc1)C2. The van der Waals surface area contributed by atoms with Crippen LogP contribution in [0.1, 0.15) is 25.3 Å². The van der Waals surface area contributed by atoms with Crippen molar-refractivity contribution in [2.45, 2.75) is 44.6 Å². The van der Waals surface area contributed by atoms with Crippen LogP contribution in [0.3, 0.4) is 0 Å². The number of piperidine rings is 2. The number of aliphatic hydroxyl groups is 1. The van der Waals surface area contributed by atoms with E-state index in [0.717, 1.165) is 19.4 Å². The van der Waals surface area contributed by atoms with Gasteiger partial charge in [0.2, 0.25) is 0 Å². The first-order valence-electron chi connectivity index (χ1n) is 7.31. The molecule has 0 radical (unpaired) electrons. The molecular weight excluding hydrogens is 238 g/mol. The van der Waals surface area contributed by atoms with Crippen LogP contribution in [0.2, 0.25) is 0 Å². The van der Waals surface area contributed by atoms with E-state index in [1.54, 1.807) is 0 Å². The quantitative estimate of drug-likeness (QED) is 0.870. The van der Waals surface area contributed by atoms with E-state index in [-0.39, 0.29) is 12.2 Å². The largest absolute Gasteiger partial charge is 0.393 e. The number of benzene rings is 1. The van der Waals surface area contributed by atoms with Gasteiger partial charge in [-0.3, -0.25) is 0 Å². The topological polar surface area (TPSA) is 41.5 Å². The molecule has 1 saturated carbocycles. The number of fused-ring (bicyclic) bond motifs is 3. The minimum absolute atomic E-state index is 0.243. The van der Waals surface area contributed by atoms with E-state index in [2.05, 4.69) is 17.4 Å². The van der Waals surface area contributed by atoms with Gasteiger partial charge in [0.15, 0.2) is 0 Å². The maximum absolute atomic E-state index is 9.91. The minimum Gasteiger partial charge on any atom is -0.393 e. The van der Waals surface area contributed by atoms with Gasteiger partial charge in [-0.25, -0.2) is 0 Å². The molecule has 0 amide bonds. The molecule has 2 saturated heterocycles. The smallest absolute Gasteiger partial charge is 0.0739 e. The van der Waals surface area contributed by atoms with E-state index in [1.165, 1.54) is 5.56 Å². The highest BCUT2D eigenvalue weighted by Gasteiger charge is 2.44. The zero-order chi connectivity index (χ0) is 13.2. The Bertz CT molecular complexity index is 406. The predicted octanol–water partition coefficient (Wildman–Crippen LogP) is 1.95. The number of aliphatic hydroxyl groups excluding tert-OH is 1. The average molecular weight is 261 g/mol. The lowest BCUT2D eigenvalue weighted by molar-refractivity contribution is -0.0861. The molecule has 2 heterocycles. The van der Waals surface area contributed by atoms with Crippen LogP contribution in [0.15, 0.2) is 30.3 Å². The molecule has 3 aliphatic rings. The molecule has 1 aromatic rings. The van der Waals surface area contributed by atoms with Gasteiger partial charge in [0.25, 0.3) is 0 Å². The molecule has 3 heteroatoms. The molecule has 2 bridgehead atoms. The monoisotopic (exact) mass is 261 g/mol. The molecule has 1 aliphatic carbocycles. The van der Waals surface area contributed by atoms with Gasteiger partial charge in [0.1, 0.15) is 0 Å². The van der Waals surface area contributed by atoms with Crippen LogP contribution in [0, 0.1) is 11.8 Å². The highest BCUT2D eigenvalue weighted by molar-refractivity contribution is 5.13. The Balaban J connectivity index is 1.62. The summed E-state index contributed by atoms with van der Waals surface area (Å²) in [5.41, 5.74) is 1.22. The second-order valence-electron chi connectivity index (χ2n) is 6.01. The van der Waals surface area contributed by atoms with Crippen molar-refractivity contribution >= 4 is 0 Å². The molecule has 1 aromatic carbocycles. The second-order valence-corrected chi connectivity index (χ2v) is 6.01. The van der Waals surface area contributed by atoms with Crippen molar-refractivity contribution in [2.75, 3.05) is 6.54 Å². The number of hydrogen-bond acceptors (Lipinski definition) is 3. The first-order valence-corrected chi connectivity index (χ1v) is 7.31. The van der Waals surface area contributed by atoms with E-state index in [4.69, 9.17) is 4.74 Å². The standard InChI is InChI=1S/C16H23NO2/c1-11(18)14-7-13-8-15(16(14)17-9-13)19-10-12-5-3-2-4-6-12/h2-6,11,13-18H,7-10H2,1H3/t11-,13?,14-,15+,16+/m1/s1. The summed E-state index contributed by atoms with van der Waals surface area (Å²) in [5, 5.41) is 13.5. The first-order chi connectivity index (χ1) is 9.24. The Kier molecular flexibility index (Phi) is 3.87. The molecular formula is C16H23NO2. The fraction of sp³-hybridized carbons (Fsp3) is 0.625. The molecule has 104 valence electrons. The summed E-state index contributed by atoms with van der Waals surface area (Å²) < 4.78 is 6.11. The predicted molar refractivity (Wildman–Crippen MR) is 74.7 cm³/mol. The summed E-state index contributed by atoms with van der Waals surface area (Å²) in [6.45, 7) is 3.66. The van der Waals surface area contributed by atoms with Gasteiger partial charge in [-0.2, -0.15) is 0 Å². The molecule has 4 rings (SSSR count). The lowest BCUT2D eigenvalue weighted by atomic mass is 9.70. The van der Waals surface area contributed by atoms with E-state index in [9.17, 15) is 5.11 Å². The third-order valence-corrected chi connectivity index (χ3v) is 4.60. The Morgan fingerprint density at radius 3 is 2.79 bits per heavy atom. The fourth-order valence-corrected chi connectivity index (χ4v) is 3.58. The zero-order valence-corrected chi connectivity index (χ0v) is 11.5. The Hall–Kier alpha value is -0.900. The van der Waals surface area contributed by atoms with Crippen LogP contribution >= 0.6 is 0 Å². The summed E-state index contributed by atoms with van der Waals surface area (Å²) in [5.74, 6) is 0.999. The Morgan fingerprint density at radius 1 is 1.32 bits per heavy atom. The highest BCUT2D eigenvalue weighted by atomic mass is 16.5. The lowest BCUT2D eigenvalue weighted by Gasteiger charge is -2.49. The van der Waals surface area contributed by atoms with Crippen LogP contribution < -0.4 is 5.32 Å². The van der Waals surface area contributed by atoms with Crippen molar-refractivity contribution < 1.29 is 9.84 Å². The number of ether oxygens (including phenoxy) is 1. The van der Waals surface area contributed by atoms with Gasteiger partial charge < -0.3 is 15.2 Å². The maximum Gasteiger partial charge on any atom is 0.0739 e. The van der Waals surface area contributed by atoms with Gasteiger partial charge in [0.05, 0.1) is 18.8 Å². The van der Waals surface area contributed by atoms with E-state index in [1.807, 2.05) is 25.1 Å². The van der Waals surface area contributed by atoms with Crippen LogP contribution in [0.4, 0.5) is 0 Å². The van der Waals surface area contributed by atoms with Gasteiger partial charge in [-0.15, -0.1) is 0 Å². The van der Waals surface area contributed by atoms with Crippen LogP contribution in [-0.4, -0.2) is 29.9 Å². The Labute approximate surface area is 115 Å². The van der Waals surface area contributed by atoms with Crippen molar-refractivity contribution in [3.63, 3.8) is 0 Å². The van der Waals surface area contributed by atoms with Crippen LogP contribution in [-0.2, 0) is 11.3 Å². The second kappa shape index (κ2) is 5.61. The Morgan fingerprint density at radius 2 is 2.11 bits per heavy atom. The third kappa shape index (κ3) is 2.83.